The van der Waals surface area contributed by atoms with Crippen LogP contribution in [0.15, 0.2) is 106 Å². The molecule has 0 atom stereocenters. The maximum absolute atomic E-state index is 12.2. The Labute approximate surface area is 370 Å². The van der Waals surface area contributed by atoms with Gasteiger partial charge in [0.2, 0.25) is 5.69 Å². The highest BCUT2D eigenvalue weighted by Gasteiger charge is 2.45. The van der Waals surface area contributed by atoms with E-state index in [2.05, 4.69) is 75.7 Å². The minimum atomic E-state index is -4.67. The second-order valence-corrected chi connectivity index (χ2v) is 21.8. The molecule has 1 N–H and O–H groups in total. The maximum atomic E-state index is 12.2. The van der Waals surface area contributed by atoms with Gasteiger partial charge in [0.1, 0.15) is 31.7 Å². The van der Waals surface area contributed by atoms with Crippen molar-refractivity contribution in [2.75, 3.05) is 80.5 Å². The van der Waals surface area contributed by atoms with Crippen LogP contribution < -0.4 is 9.64 Å². The third-order valence-corrected chi connectivity index (χ3v) is 12.9. The van der Waals surface area contributed by atoms with Crippen LogP contribution in [0.1, 0.15) is 70.6 Å². The Kier molecular flexibility index (Phi) is 16.0. The summed E-state index contributed by atoms with van der Waals surface area (Å²) in [5.41, 5.74) is 4.98. The van der Waals surface area contributed by atoms with Gasteiger partial charge >= 0.3 is 0 Å². The molecule has 0 amide bonds. The zero-order valence-corrected chi connectivity index (χ0v) is 40.2. The Balaban J connectivity index is 0.00000273. The van der Waals surface area contributed by atoms with Crippen molar-refractivity contribution in [2.45, 2.75) is 80.9 Å². The Morgan fingerprint density at radius 2 is 1.35 bits per heavy atom. The lowest BCUT2D eigenvalue weighted by Crippen LogP contribution is -2.37. The fraction of sp³-hybridized carbons (Fsp3) is 0.468. The third-order valence-electron chi connectivity index (χ3n) is 11.2. The molecule has 0 aromatic heterocycles. The molecule has 2 heterocycles. The van der Waals surface area contributed by atoms with Gasteiger partial charge in [-0.1, -0.05) is 39.3 Å². The van der Waals surface area contributed by atoms with Crippen LogP contribution in [0.4, 0.5) is 11.4 Å². The minimum Gasteiger partial charge on any atom is -0.744 e. The van der Waals surface area contributed by atoms with Crippen LogP contribution in [-0.2, 0) is 42.4 Å². The van der Waals surface area contributed by atoms with Crippen molar-refractivity contribution in [2.24, 2.45) is 0 Å². The summed E-state index contributed by atoms with van der Waals surface area (Å²) in [5, 5.41) is 7.07. The molecule has 0 aliphatic carbocycles. The normalized spacial score (nSPS) is 17.0. The number of nitrogens with zero attached hydrogens (tertiary/aromatic N) is 4. The summed E-state index contributed by atoms with van der Waals surface area (Å²) in [5.74, 6) is 1.19. The number of rotatable bonds is 17. The Bertz CT molecular complexity index is 2420. The molecule has 3 aromatic carbocycles. The summed E-state index contributed by atoms with van der Waals surface area (Å²) in [6.07, 6.45) is 11.6. The average molecular weight is 896 g/mol. The van der Waals surface area contributed by atoms with E-state index in [0.29, 0.717) is 24.6 Å². The molecule has 0 saturated heterocycles. The van der Waals surface area contributed by atoms with Crippen LogP contribution in [0.2, 0.25) is 0 Å². The first kappa shape index (κ1) is 50.5. The highest BCUT2D eigenvalue weighted by atomic mass is 32.2. The smallest absolute Gasteiger partial charge is 0.209 e. The lowest BCUT2D eigenvalue weighted by Gasteiger charge is -2.29. The number of benzene rings is 3. The fourth-order valence-corrected chi connectivity index (χ4v) is 9.10. The van der Waals surface area contributed by atoms with Crippen molar-refractivity contribution in [1.82, 2.24) is 0 Å². The first-order valence-electron chi connectivity index (χ1n) is 20.9. The van der Waals surface area contributed by atoms with E-state index in [1.807, 2.05) is 64.1 Å². The number of fused-ring (bicyclic) bond motifs is 2. The molecule has 0 bridgehead atoms. The monoisotopic (exact) mass is 895 g/mol. The maximum Gasteiger partial charge on any atom is 0.209 e. The Hall–Kier alpha value is -4.19. The van der Waals surface area contributed by atoms with Crippen molar-refractivity contribution in [1.29, 1.82) is 0 Å². The minimum absolute atomic E-state index is 0.255. The molecule has 62 heavy (non-hydrogen) atoms. The van der Waals surface area contributed by atoms with Crippen molar-refractivity contribution >= 4 is 37.3 Å². The molecular weight excluding hydrogens is 829 g/mol. The number of anilines is 1. The van der Waals surface area contributed by atoms with E-state index < -0.39 is 31.1 Å². The van der Waals surface area contributed by atoms with Gasteiger partial charge in [-0.2, -0.15) is 4.58 Å². The fourth-order valence-electron chi connectivity index (χ4n) is 8.10. The average Bonchev–Trinajstić information content (AvgIpc) is 3.49. The SMILES string of the molecule is CCCc1ccc(OC(C=CC2=[N+](CCC[N+](C)(C)C)c3ccc(S(=O)(=O)[O-])cc3C2(C)C)=CC=C2N(CCC[N+](C)(C)C)c3ccc(S(=O)(=O)[O-])cc3C2(C)C)cc1.COO. The summed E-state index contributed by atoms with van der Waals surface area (Å²) in [7, 11) is 4.73. The standard InChI is InChI=1S/C46H63N4O7S2.CH4O2/c1-12-15-34-16-18-35(19-17-34)57-36(20-26-43-45(2,3)39-32-37(58(51,52)53)22-24-41(39)47(43)28-13-30-49(6,7)8)21-27-44-46(4,5)40-33-38(59(54,55)56)23-25-42(40)48(44)29-14-31-50(9,10)11;1-3-2/h16-27,32-33H,12-15,28-31H2,1-11H3;2H,1H3/q+1;. The predicted octanol–water partition coefficient (Wildman–Crippen LogP) is 7.32. The van der Waals surface area contributed by atoms with Crippen molar-refractivity contribution in [3.8, 4) is 5.75 Å². The quantitative estimate of drug-likeness (QED) is 0.0277. The molecule has 0 spiro atoms. The van der Waals surface area contributed by atoms with Gasteiger partial charge in [-0.15, -0.1) is 0 Å². The van der Waals surface area contributed by atoms with Gasteiger partial charge in [0, 0.05) is 47.5 Å². The molecule has 13 nitrogen and oxygen atoms in total. The lowest BCUT2D eigenvalue weighted by atomic mass is 9.81. The summed E-state index contributed by atoms with van der Waals surface area (Å²) in [6, 6.07) is 17.3. The molecule has 15 heteroatoms. The van der Waals surface area contributed by atoms with E-state index in [1.54, 1.807) is 12.1 Å². The zero-order valence-electron chi connectivity index (χ0n) is 38.6. The highest BCUT2D eigenvalue weighted by molar-refractivity contribution is 7.86. The first-order valence-corrected chi connectivity index (χ1v) is 23.7. The Morgan fingerprint density at radius 3 is 1.90 bits per heavy atom. The summed E-state index contributed by atoms with van der Waals surface area (Å²) in [4.78, 5) is 4.95. The van der Waals surface area contributed by atoms with E-state index in [4.69, 9.17) is 9.99 Å². The summed E-state index contributed by atoms with van der Waals surface area (Å²) < 4.78 is 83.4. The molecule has 0 saturated carbocycles. The van der Waals surface area contributed by atoms with Gasteiger partial charge in [0.15, 0.2) is 12.3 Å². The topological polar surface area (TPSA) is 159 Å². The molecule has 2 aliphatic heterocycles. The van der Waals surface area contributed by atoms with Gasteiger partial charge in [-0.25, -0.2) is 21.7 Å². The molecule has 0 unspecified atom stereocenters. The van der Waals surface area contributed by atoms with Crippen LogP contribution >= 0.6 is 0 Å². The first-order chi connectivity index (χ1) is 28.6. The second-order valence-electron chi connectivity index (χ2n) is 19.1. The summed E-state index contributed by atoms with van der Waals surface area (Å²) >= 11 is 0. The van der Waals surface area contributed by atoms with Crippen LogP contribution in [0, 0.1) is 0 Å². The molecule has 5 rings (SSSR count). The number of quaternary nitrogens is 2. The lowest BCUT2D eigenvalue weighted by molar-refractivity contribution is -0.871. The van der Waals surface area contributed by atoms with E-state index in [9.17, 15) is 25.9 Å². The van der Waals surface area contributed by atoms with Gasteiger partial charge in [-0.05, 0) is 92.1 Å². The number of ether oxygens (including phenoxy) is 1. The summed E-state index contributed by atoms with van der Waals surface area (Å²) in [6.45, 7) is 13.5. The number of allylic oxidation sites excluding steroid dienone is 5. The van der Waals surface area contributed by atoms with Gasteiger partial charge in [0.05, 0.1) is 84.1 Å². The van der Waals surface area contributed by atoms with Crippen molar-refractivity contribution in [3.05, 3.63) is 113 Å². The van der Waals surface area contributed by atoms with Crippen LogP contribution in [-0.4, -0.2) is 126 Å². The van der Waals surface area contributed by atoms with Crippen LogP contribution in [0.5, 0.6) is 5.75 Å². The van der Waals surface area contributed by atoms with Gasteiger partial charge in [0.25, 0.3) is 0 Å². The molecule has 3 aromatic rings. The van der Waals surface area contributed by atoms with Gasteiger partial charge < -0.3 is 27.7 Å². The number of hydrogen-bond acceptors (Lipinski definition) is 10. The van der Waals surface area contributed by atoms with E-state index in [0.717, 1.165) is 81.6 Å². The zero-order chi connectivity index (χ0) is 46.5. The molecule has 2 aliphatic rings. The van der Waals surface area contributed by atoms with Gasteiger partial charge in [-0.3, -0.25) is 5.26 Å². The Morgan fingerprint density at radius 1 is 0.806 bits per heavy atom. The van der Waals surface area contributed by atoms with Crippen LogP contribution in [0.25, 0.3) is 0 Å². The van der Waals surface area contributed by atoms with Crippen molar-refractivity contribution < 1.29 is 54.4 Å². The third kappa shape index (κ3) is 12.7. The number of hydrogen-bond donors (Lipinski definition) is 1. The molecule has 340 valence electrons. The van der Waals surface area contributed by atoms with Crippen LogP contribution in [0.3, 0.4) is 0 Å². The largest absolute Gasteiger partial charge is 0.744 e. The molecular formula is C47H67N4O9S2+. The predicted molar refractivity (Wildman–Crippen MR) is 243 cm³/mol. The van der Waals surface area contributed by atoms with E-state index >= 15 is 0 Å². The second kappa shape index (κ2) is 19.7. The van der Waals surface area contributed by atoms with E-state index in [1.165, 1.54) is 36.9 Å². The highest BCUT2D eigenvalue weighted by Crippen LogP contribution is 2.49. The van der Waals surface area contributed by atoms with Crippen molar-refractivity contribution in [3.63, 3.8) is 0 Å². The number of aryl methyl sites for hydroxylation is 1. The van der Waals surface area contributed by atoms with E-state index in [-0.39, 0.29) is 9.79 Å². The molecule has 0 fully saturated rings. The molecule has 0 radical (unpaired) electrons.